The third-order valence-electron chi connectivity index (χ3n) is 2.71. The molecule has 1 aromatic heterocycles. The molecule has 0 aliphatic rings. The minimum atomic E-state index is -4.33. The molecule has 6 heteroatoms. The molecule has 2 aromatic rings. The Kier molecular flexibility index (Phi) is 3.90. The molecule has 1 atom stereocenters. The molecule has 0 bridgehead atoms. The molecule has 0 aliphatic heterocycles. The zero-order valence-corrected chi connectivity index (χ0v) is 10.0. The van der Waals surface area contributed by atoms with Gasteiger partial charge >= 0.3 is 6.18 Å². The molecule has 19 heavy (non-hydrogen) atoms. The summed E-state index contributed by atoms with van der Waals surface area (Å²) in [6.45, 7) is 0.314. The van der Waals surface area contributed by atoms with Gasteiger partial charge in [-0.1, -0.05) is 12.1 Å². The first-order valence-electron chi connectivity index (χ1n) is 5.77. The van der Waals surface area contributed by atoms with Crippen LogP contribution in [0.25, 0.3) is 0 Å². The topological polar surface area (TPSA) is 38.0 Å². The van der Waals surface area contributed by atoms with Crippen molar-refractivity contribution >= 4 is 0 Å². The Morgan fingerprint density at radius 3 is 2.42 bits per heavy atom. The number of hydrogen-bond donors (Lipinski definition) is 1. The Balaban J connectivity index is 1.96. The number of aromatic nitrogens is 2. The second kappa shape index (κ2) is 5.44. The highest BCUT2D eigenvalue weighted by atomic mass is 19.4. The van der Waals surface area contributed by atoms with Gasteiger partial charge in [0.15, 0.2) is 0 Å². The van der Waals surface area contributed by atoms with E-state index < -0.39 is 17.8 Å². The largest absolute Gasteiger partial charge is 0.416 e. The lowest BCUT2D eigenvalue weighted by atomic mass is 10.1. The zero-order valence-electron chi connectivity index (χ0n) is 10.0. The summed E-state index contributed by atoms with van der Waals surface area (Å²) in [5.41, 5.74) is -0.0227. The van der Waals surface area contributed by atoms with E-state index in [2.05, 4.69) is 5.10 Å². The van der Waals surface area contributed by atoms with Crippen LogP contribution < -0.4 is 0 Å². The Hall–Kier alpha value is -1.82. The molecule has 0 aliphatic carbocycles. The van der Waals surface area contributed by atoms with E-state index in [1.54, 1.807) is 23.1 Å². The van der Waals surface area contributed by atoms with Gasteiger partial charge in [0.05, 0.1) is 18.2 Å². The first-order valence-corrected chi connectivity index (χ1v) is 5.77. The van der Waals surface area contributed by atoms with Crippen molar-refractivity contribution in [3.63, 3.8) is 0 Å². The predicted octanol–water partition coefficient (Wildman–Crippen LogP) is 2.51. The number of benzene rings is 1. The van der Waals surface area contributed by atoms with Gasteiger partial charge in [-0.25, -0.2) is 0 Å². The average molecular weight is 270 g/mol. The summed E-state index contributed by atoms with van der Waals surface area (Å²) in [7, 11) is 0. The molecule has 0 fully saturated rings. The molecule has 1 aromatic carbocycles. The van der Waals surface area contributed by atoms with Gasteiger partial charge in [-0.2, -0.15) is 18.3 Å². The summed E-state index contributed by atoms with van der Waals surface area (Å²) in [5.74, 6) is 0. The fraction of sp³-hybridized carbons (Fsp3) is 0.308. The molecule has 0 amide bonds. The Morgan fingerprint density at radius 2 is 1.89 bits per heavy atom. The molecule has 3 nitrogen and oxygen atoms in total. The van der Waals surface area contributed by atoms with Crippen molar-refractivity contribution in [1.82, 2.24) is 9.78 Å². The van der Waals surface area contributed by atoms with Gasteiger partial charge in [-0.05, 0) is 23.8 Å². The summed E-state index contributed by atoms with van der Waals surface area (Å²) in [4.78, 5) is 0. The van der Waals surface area contributed by atoms with Crippen LogP contribution >= 0.6 is 0 Å². The Morgan fingerprint density at radius 1 is 1.21 bits per heavy atom. The number of halogens is 3. The molecule has 0 saturated heterocycles. The SMILES string of the molecule is O[C@H](Cc1ccc(C(F)(F)F)cc1)Cn1cccn1. The fourth-order valence-corrected chi connectivity index (χ4v) is 1.79. The van der Waals surface area contributed by atoms with E-state index in [0.29, 0.717) is 12.1 Å². The van der Waals surface area contributed by atoms with E-state index >= 15 is 0 Å². The Labute approximate surface area is 108 Å². The van der Waals surface area contributed by atoms with Crippen LogP contribution in [0.15, 0.2) is 42.7 Å². The van der Waals surface area contributed by atoms with E-state index in [1.165, 1.54) is 12.1 Å². The number of rotatable bonds is 4. The maximum Gasteiger partial charge on any atom is 0.416 e. The number of alkyl halides is 3. The van der Waals surface area contributed by atoms with Crippen molar-refractivity contribution in [3.05, 3.63) is 53.9 Å². The highest BCUT2D eigenvalue weighted by Crippen LogP contribution is 2.29. The molecule has 1 heterocycles. The third kappa shape index (κ3) is 3.82. The van der Waals surface area contributed by atoms with E-state index in [9.17, 15) is 18.3 Å². The minimum Gasteiger partial charge on any atom is -0.391 e. The standard InChI is InChI=1S/C13H13F3N2O/c14-13(15,16)11-4-2-10(3-5-11)8-12(19)9-18-7-1-6-17-18/h1-7,12,19H,8-9H2/t12-/m1/s1. The number of hydrogen-bond acceptors (Lipinski definition) is 2. The summed E-state index contributed by atoms with van der Waals surface area (Å²) in [5, 5.41) is 13.8. The van der Waals surface area contributed by atoms with Gasteiger partial charge in [-0.15, -0.1) is 0 Å². The van der Waals surface area contributed by atoms with Gasteiger partial charge in [-0.3, -0.25) is 4.68 Å². The van der Waals surface area contributed by atoms with Crippen LogP contribution in [0.2, 0.25) is 0 Å². The molecule has 0 spiro atoms. The first kappa shape index (κ1) is 13.6. The number of aliphatic hydroxyl groups excluding tert-OH is 1. The van der Waals surface area contributed by atoms with Crippen molar-refractivity contribution in [2.24, 2.45) is 0 Å². The van der Waals surface area contributed by atoms with Crippen LogP contribution in [0, 0.1) is 0 Å². The summed E-state index contributed by atoms with van der Waals surface area (Å²) in [6.07, 6.45) is -1.40. The van der Waals surface area contributed by atoms with Gasteiger partial charge in [0.25, 0.3) is 0 Å². The van der Waals surface area contributed by atoms with Gasteiger partial charge in [0, 0.05) is 18.8 Å². The van der Waals surface area contributed by atoms with Crippen LogP contribution in [0.4, 0.5) is 13.2 Å². The Bertz CT molecular complexity index is 506. The van der Waals surface area contributed by atoms with Crippen LogP contribution in [-0.4, -0.2) is 21.0 Å². The van der Waals surface area contributed by atoms with Gasteiger partial charge < -0.3 is 5.11 Å². The monoisotopic (exact) mass is 270 g/mol. The second-order valence-corrected chi connectivity index (χ2v) is 4.28. The smallest absolute Gasteiger partial charge is 0.391 e. The lowest BCUT2D eigenvalue weighted by Gasteiger charge is -2.12. The minimum absolute atomic E-state index is 0.290. The van der Waals surface area contributed by atoms with E-state index in [4.69, 9.17) is 0 Å². The molecule has 102 valence electrons. The molecule has 0 saturated carbocycles. The zero-order chi connectivity index (χ0) is 13.9. The molecule has 0 unspecified atom stereocenters. The summed E-state index contributed by atoms with van der Waals surface area (Å²) >= 11 is 0. The highest BCUT2D eigenvalue weighted by Gasteiger charge is 2.29. The van der Waals surface area contributed by atoms with Crippen LogP contribution in [0.5, 0.6) is 0 Å². The van der Waals surface area contributed by atoms with E-state index in [0.717, 1.165) is 12.1 Å². The normalized spacial score (nSPS) is 13.5. The summed E-state index contributed by atoms with van der Waals surface area (Å²) in [6, 6.07) is 6.56. The van der Waals surface area contributed by atoms with E-state index in [1.807, 2.05) is 0 Å². The quantitative estimate of drug-likeness (QED) is 0.927. The molecule has 0 radical (unpaired) electrons. The van der Waals surface area contributed by atoms with Crippen LogP contribution in [0.3, 0.4) is 0 Å². The predicted molar refractivity (Wildman–Crippen MR) is 63.4 cm³/mol. The van der Waals surface area contributed by atoms with Crippen LogP contribution in [0.1, 0.15) is 11.1 Å². The second-order valence-electron chi connectivity index (χ2n) is 4.28. The fourth-order valence-electron chi connectivity index (χ4n) is 1.79. The third-order valence-corrected chi connectivity index (χ3v) is 2.71. The van der Waals surface area contributed by atoms with Gasteiger partial charge in [0.2, 0.25) is 0 Å². The number of nitrogens with zero attached hydrogens (tertiary/aromatic N) is 2. The van der Waals surface area contributed by atoms with Crippen molar-refractivity contribution in [2.45, 2.75) is 25.2 Å². The van der Waals surface area contributed by atoms with Gasteiger partial charge in [0.1, 0.15) is 0 Å². The van der Waals surface area contributed by atoms with Crippen LogP contribution in [-0.2, 0) is 19.1 Å². The molecule has 1 N–H and O–H groups in total. The average Bonchev–Trinajstić information content (AvgIpc) is 2.81. The lowest BCUT2D eigenvalue weighted by molar-refractivity contribution is -0.137. The van der Waals surface area contributed by atoms with Crippen molar-refractivity contribution < 1.29 is 18.3 Å². The maximum absolute atomic E-state index is 12.4. The van der Waals surface area contributed by atoms with E-state index in [-0.39, 0.29) is 6.42 Å². The molecular weight excluding hydrogens is 257 g/mol. The summed E-state index contributed by atoms with van der Waals surface area (Å²) < 4.78 is 38.7. The van der Waals surface area contributed by atoms with Crippen molar-refractivity contribution in [2.75, 3.05) is 0 Å². The van der Waals surface area contributed by atoms with Crippen molar-refractivity contribution in [1.29, 1.82) is 0 Å². The maximum atomic E-state index is 12.4. The first-order chi connectivity index (χ1) is 8.95. The lowest BCUT2D eigenvalue weighted by Crippen LogP contribution is -2.19. The molecule has 2 rings (SSSR count). The highest BCUT2D eigenvalue weighted by molar-refractivity contribution is 5.25. The number of aliphatic hydroxyl groups is 1. The van der Waals surface area contributed by atoms with Crippen molar-refractivity contribution in [3.8, 4) is 0 Å². The molecular formula is C13H13F3N2O.